The third-order valence-electron chi connectivity index (χ3n) is 4.19. The number of halogens is 3. The van der Waals surface area contributed by atoms with Crippen molar-refractivity contribution in [2.75, 3.05) is 18.5 Å². The van der Waals surface area contributed by atoms with Gasteiger partial charge in [0.2, 0.25) is 5.91 Å². The summed E-state index contributed by atoms with van der Waals surface area (Å²) in [7, 11) is 3.29. The Morgan fingerprint density at radius 1 is 1.38 bits per heavy atom. The number of anilines is 1. The highest BCUT2D eigenvalue weighted by molar-refractivity contribution is 6.31. The maximum Gasteiger partial charge on any atom is 0.326 e. The van der Waals surface area contributed by atoms with E-state index in [0.29, 0.717) is 5.82 Å². The Morgan fingerprint density at radius 2 is 2.12 bits per heavy atom. The van der Waals surface area contributed by atoms with Gasteiger partial charge in [-0.25, -0.2) is 18.6 Å². The van der Waals surface area contributed by atoms with Crippen molar-refractivity contribution in [3.8, 4) is 0 Å². The fraction of sp³-hybridized carbons (Fsp3) is 0.312. The summed E-state index contributed by atoms with van der Waals surface area (Å²) in [5, 5.41) is 2.22. The number of urea groups is 1. The molecule has 1 fully saturated rings. The van der Waals surface area contributed by atoms with E-state index >= 15 is 0 Å². The average Bonchev–Trinajstić information content (AvgIpc) is 3.16. The Balaban J connectivity index is 1.68. The number of carbonyl (C=O) groups excluding carboxylic acids is 2. The summed E-state index contributed by atoms with van der Waals surface area (Å²) in [5.41, 5.74) is 0.243. The van der Waals surface area contributed by atoms with Gasteiger partial charge in [0, 0.05) is 26.8 Å². The van der Waals surface area contributed by atoms with E-state index in [9.17, 15) is 18.4 Å². The molecule has 7 nitrogen and oxygen atoms in total. The first-order valence-electron chi connectivity index (χ1n) is 7.72. The van der Waals surface area contributed by atoms with E-state index < -0.39 is 23.6 Å². The van der Waals surface area contributed by atoms with Gasteiger partial charge in [-0.2, -0.15) is 0 Å². The molecular formula is C16H16ClF2N5O2. The molecule has 3 rings (SSSR count). The monoisotopic (exact) mass is 383 g/mol. The number of imidazole rings is 1. The Labute approximate surface area is 153 Å². The first-order chi connectivity index (χ1) is 12.3. The summed E-state index contributed by atoms with van der Waals surface area (Å²) in [5.74, 6) is -2.20. The van der Waals surface area contributed by atoms with Gasteiger partial charge in [0.15, 0.2) is 17.5 Å². The predicted molar refractivity (Wildman–Crippen MR) is 90.7 cm³/mol. The fourth-order valence-electron chi connectivity index (χ4n) is 2.69. The van der Waals surface area contributed by atoms with Crippen LogP contribution in [0.2, 0.25) is 5.02 Å². The summed E-state index contributed by atoms with van der Waals surface area (Å²) in [6.45, 7) is 0.0423. The molecule has 0 radical (unpaired) electrons. The molecule has 26 heavy (non-hydrogen) atoms. The number of benzene rings is 1. The predicted octanol–water partition coefficient (Wildman–Crippen LogP) is 1.91. The van der Waals surface area contributed by atoms with Crippen molar-refractivity contribution in [1.82, 2.24) is 19.8 Å². The second kappa shape index (κ2) is 6.91. The number of aryl methyl sites for hydroxylation is 1. The molecule has 1 aromatic carbocycles. The van der Waals surface area contributed by atoms with Crippen molar-refractivity contribution in [1.29, 1.82) is 0 Å². The van der Waals surface area contributed by atoms with Crippen molar-refractivity contribution in [3.63, 3.8) is 0 Å². The minimum absolute atomic E-state index is 0.0863. The van der Waals surface area contributed by atoms with E-state index in [1.54, 1.807) is 24.1 Å². The minimum atomic E-state index is -1.16. The number of hydrogen-bond donors (Lipinski definition) is 1. The Kier molecular flexibility index (Phi) is 4.82. The van der Waals surface area contributed by atoms with Crippen LogP contribution in [-0.2, 0) is 18.4 Å². The van der Waals surface area contributed by atoms with Gasteiger partial charge in [-0.15, -0.1) is 0 Å². The molecule has 138 valence electrons. The maximum atomic E-state index is 13.5. The lowest BCUT2D eigenvalue weighted by Gasteiger charge is -2.17. The maximum absolute atomic E-state index is 13.5. The van der Waals surface area contributed by atoms with E-state index in [0.717, 1.165) is 6.07 Å². The molecule has 0 saturated carbocycles. The molecule has 0 bridgehead atoms. The van der Waals surface area contributed by atoms with Gasteiger partial charge in [-0.05, 0) is 11.6 Å². The van der Waals surface area contributed by atoms with Crippen LogP contribution in [0.5, 0.6) is 0 Å². The van der Waals surface area contributed by atoms with Crippen LogP contribution in [0.1, 0.15) is 5.56 Å². The van der Waals surface area contributed by atoms with Crippen molar-refractivity contribution in [2.45, 2.75) is 12.6 Å². The molecule has 1 saturated heterocycles. The second-order valence-electron chi connectivity index (χ2n) is 5.97. The molecular weight excluding hydrogens is 368 g/mol. The summed E-state index contributed by atoms with van der Waals surface area (Å²) in [6, 6.07) is 1.14. The molecule has 2 aromatic rings. The zero-order chi connectivity index (χ0) is 19.0. The highest BCUT2D eigenvalue weighted by atomic mass is 35.5. The lowest BCUT2D eigenvalue weighted by atomic mass is 10.2. The standard InChI is InChI=1S/C16H16ClF2N5O2/c1-22-7-12(21-8-22)24-6-11(23(2)16(24)26)15(25)20-5-9-3-4-10(18)14(19)13(9)17/h3-4,7-8,11H,5-6H2,1-2H3,(H,20,25). The van der Waals surface area contributed by atoms with Crippen LogP contribution < -0.4 is 10.2 Å². The molecule has 1 N–H and O–H groups in total. The highest BCUT2D eigenvalue weighted by Crippen LogP contribution is 2.23. The van der Waals surface area contributed by atoms with Gasteiger partial charge >= 0.3 is 6.03 Å². The van der Waals surface area contributed by atoms with Crippen molar-refractivity contribution >= 4 is 29.4 Å². The van der Waals surface area contributed by atoms with Crippen LogP contribution in [0.4, 0.5) is 19.4 Å². The Bertz CT molecular complexity index is 872. The second-order valence-corrected chi connectivity index (χ2v) is 6.35. The van der Waals surface area contributed by atoms with Crippen molar-refractivity contribution in [2.24, 2.45) is 7.05 Å². The third kappa shape index (κ3) is 3.22. The number of likely N-dealkylation sites (N-methyl/N-ethyl adjacent to an activating group) is 1. The van der Waals surface area contributed by atoms with Gasteiger partial charge < -0.3 is 14.8 Å². The van der Waals surface area contributed by atoms with Gasteiger partial charge in [-0.3, -0.25) is 9.69 Å². The SMILES string of the molecule is CN1C(=O)N(c2cn(C)cn2)CC1C(=O)NCc1ccc(F)c(F)c1Cl. The van der Waals surface area contributed by atoms with Crippen LogP contribution in [0.25, 0.3) is 0 Å². The Hall–Kier alpha value is -2.68. The lowest BCUT2D eigenvalue weighted by Crippen LogP contribution is -2.43. The van der Waals surface area contributed by atoms with Crippen LogP contribution in [0, 0.1) is 11.6 Å². The van der Waals surface area contributed by atoms with E-state index in [2.05, 4.69) is 10.3 Å². The van der Waals surface area contributed by atoms with Gasteiger partial charge in [0.25, 0.3) is 0 Å². The lowest BCUT2D eigenvalue weighted by molar-refractivity contribution is -0.124. The zero-order valence-electron chi connectivity index (χ0n) is 14.0. The molecule has 10 heteroatoms. The summed E-state index contributed by atoms with van der Waals surface area (Å²) >= 11 is 5.75. The van der Waals surface area contributed by atoms with Gasteiger partial charge in [0.1, 0.15) is 6.04 Å². The average molecular weight is 384 g/mol. The summed E-state index contributed by atoms with van der Waals surface area (Å²) in [4.78, 5) is 31.6. The van der Waals surface area contributed by atoms with Crippen molar-refractivity contribution in [3.05, 3.63) is 46.9 Å². The van der Waals surface area contributed by atoms with Crippen LogP contribution >= 0.6 is 11.6 Å². The number of hydrogen-bond acceptors (Lipinski definition) is 3. The van der Waals surface area contributed by atoms with E-state index in [1.165, 1.54) is 22.9 Å². The molecule has 1 aliphatic heterocycles. The Morgan fingerprint density at radius 3 is 2.77 bits per heavy atom. The number of carbonyl (C=O) groups is 2. The van der Waals surface area contributed by atoms with Crippen LogP contribution in [0.3, 0.4) is 0 Å². The first-order valence-corrected chi connectivity index (χ1v) is 8.09. The topological polar surface area (TPSA) is 70.5 Å². The fourth-order valence-corrected chi connectivity index (χ4v) is 2.91. The van der Waals surface area contributed by atoms with E-state index in [1.807, 2.05) is 0 Å². The number of amides is 3. The minimum Gasteiger partial charge on any atom is -0.350 e. The number of rotatable bonds is 4. The third-order valence-corrected chi connectivity index (χ3v) is 4.60. The van der Waals surface area contributed by atoms with Gasteiger partial charge in [0.05, 0.1) is 17.9 Å². The highest BCUT2D eigenvalue weighted by Gasteiger charge is 2.40. The van der Waals surface area contributed by atoms with Gasteiger partial charge in [-0.1, -0.05) is 17.7 Å². The molecule has 2 heterocycles. The quantitative estimate of drug-likeness (QED) is 0.820. The smallest absolute Gasteiger partial charge is 0.326 e. The number of aromatic nitrogens is 2. The van der Waals surface area contributed by atoms with Crippen molar-refractivity contribution < 1.29 is 18.4 Å². The normalized spacial score (nSPS) is 17.1. The van der Waals surface area contributed by atoms with E-state index in [4.69, 9.17) is 11.6 Å². The van der Waals surface area contributed by atoms with Crippen LogP contribution in [0.15, 0.2) is 24.7 Å². The zero-order valence-corrected chi connectivity index (χ0v) is 14.8. The summed E-state index contributed by atoms with van der Waals surface area (Å²) < 4.78 is 28.3. The molecule has 3 amide bonds. The number of nitrogens with one attached hydrogen (secondary N) is 1. The molecule has 0 aliphatic carbocycles. The number of nitrogens with zero attached hydrogens (tertiary/aromatic N) is 4. The first kappa shape index (κ1) is 18.1. The largest absolute Gasteiger partial charge is 0.350 e. The molecule has 1 unspecified atom stereocenters. The molecule has 1 atom stereocenters. The molecule has 1 aliphatic rings. The molecule has 1 aromatic heterocycles. The van der Waals surface area contributed by atoms with E-state index in [-0.39, 0.29) is 29.7 Å². The molecule has 0 spiro atoms. The summed E-state index contributed by atoms with van der Waals surface area (Å²) in [6.07, 6.45) is 3.23. The van der Waals surface area contributed by atoms with Crippen LogP contribution in [-0.4, -0.2) is 46.0 Å².